The molecule has 0 spiro atoms. The number of nitrogens with one attached hydrogen (secondary N) is 1. The molecule has 66 valence electrons. The molecule has 0 aliphatic carbocycles. The summed E-state index contributed by atoms with van der Waals surface area (Å²) in [5.41, 5.74) is 6.98. The maximum Gasteiger partial charge on any atom is 0.212 e. The van der Waals surface area contributed by atoms with Gasteiger partial charge in [-0.3, -0.25) is 10.2 Å². The Morgan fingerprint density at radius 3 is 3.17 bits per heavy atom. The van der Waals surface area contributed by atoms with Gasteiger partial charge in [-0.05, 0) is 11.4 Å². The molecular formula is C7H11N3OS. The molecule has 0 atom stereocenters. The van der Waals surface area contributed by atoms with Crippen molar-refractivity contribution in [2.45, 2.75) is 6.42 Å². The number of thiophene rings is 1. The van der Waals surface area contributed by atoms with Crippen LogP contribution in [-0.4, -0.2) is 17.7 Å². The zero-order valence-corrected chi connectivity index (χ0v) is 7.34. The molecule has 0 aromatic carbocycles. The van der Waals surface area contributed by atoms with Crippen molar-refractivity contribution in [3.63, 3.8) is 0 Å². The van der Waals surface area contributed by atoms with Crippen molar-refractivity contribution in [2.75, 3.05) is 6.54 Å². The van der Waals surface area contributed by atoms with Crippen molar-refractivity contribution < 1.29 is 5.21 Å². The van der Waals surface area contributed by atoms with Gasteiger partial charge in [-0.1, -0.05) is 6.07 Å². The summed E-state index contributed by atoms with van der Waals surface area (Å²) >= 11 is 1.69. The Bertz CT molecular complexity index is 245. The molecule has 0 bridgehead atoms. The highest BCUT2D eigenvalue weighted by atomic mass is 32.1. The van der Waals surface area contributed by atoms with Gasteiger partial charge in [0.25, 0.3) is 0 Å². The number of guanidine groups is 1. The highest BCUT2D eigenvalue weighted by Crippen LogP contribution is 2.08. The van der Waals surface area contributed by atoms with Crippen LogP contribution >= 0.6 is 11.3 Å². The highest BCUT2D eigenvalue weighted by Gasteiger charge is 1.92. The predicted molar refractivity (Wildman–Crippen MR) is 49.4 cm³/mol. The van der Waals surface area contributed by atoms with E-state index in [1.807, 2.05) is 17.5 Å². The molecular weight excluding hydrogens is 174 g/mol. The molecule has 0 radical (unpaired) electrons. The van der Waals surface area contributed by atoms with Crippen LogP contribution in [0.3, 0.4) is 0 Å². The third kappa shape index (κ3) is 2.89. The van der Waals surface area contributed by atoms with Crippen LogP contribution in [0.1, 0.15) is 4.88 Å². The van der Waals surface area contributed by atoms with Crippen LogP contribution in [0.2, 0.25) is 0 Å². The van der Waals surface area contributed by atoms with Crippen molar-refractivity contribution in [1.82, 2.24) is 5.48 Å². The number of nitrogens with two attached hydrogens (primary N) is 1. The molecule has 5 heteroatoms. The maximum absolute atomic E-state index is 8.29. The number of hydrogen-bond donors (Lipinski definition) is 3. The van der Waals surface area contributed by atoms with Crippen molar-refractivity contribution >= 4 is 17.3 Å². The molecule has 1 heterocycles. The Morgan fingerprint density at radius 1 is 1.75 bits per heavy atom. The van der Waals surface area contributed by atoms with Gasteiger partial charge < -0.3 is 5.73 Å². The van der Waals surface area contributed by atoms with Gasteiger partial charge in [0.2, 0.25) is 5.96 Å². The van der Waals surface area contributed by atoms with E-state index in [4.69, 9.17) is 10.9 Å². The van der Waals surface area contributed by atoms with Crippen molar-refractivity contribution in [3.8, 4) is 0 Å². The van der Waals surface area contributed by atoms with Gasteiger partial charge in [0.15, 0.2) is 0 Å². The first-order chi connectivity index (χ1) is 5.83. The van der Waals surface area contributed by atoms with Crippen LogP contribution in [0.4, 0.5) is 0 Å². The van der Waals surface area contributed by atoms with Crippen molar-refractivity contribution in [1.29, 1.82) is 0 Å². The lowest BCUT2D eigenvalue weighted by atomic mass is 10.3. The van der Waals surface area contributed by atoms with Gasteiger partial charge in [-0.25, -0.2) is 5.48 Å². The quantitative estimate of drug-likeness (QED) is 0.366. The molecule has 12 heavy (non-hydrogen) atoms. The summed E-state index contributed by atoms with van der Waals surface area (Å²) in [6.45, 7) is 0.597. The first-order valence-electron chi connectivity index (χ1n) is 3.55. The summed E-state index contributed by atoms with van der Waals surface area (Å²) in [6, 6.07) is 4.04. The minimum Gasteiger partial charge on any atom is -0.368 e. The third-order valence-corrected chi connectivity index (χ3v) is 2.27. The molecule has 0 aliphatic rings. The van der Waals surface area contributed by atoms with Gasteiger partial charge in [0, 0.05) is 17.8 Å². The minimum atomic E-state index is 0.0616. The summed E-state index contributed by atoms with van der Waals surface area (Å²) in [7, 11) is 0. The highest BCUT2D eigenvalue weighted by molar-refractivity contribution is 7.09. The molecule has 0 unspecified atom stereocenters. The zero-order chi connectivity index (χ0) is 8.81. The summed E-state index contributed by atoms with van der Waals surface area (Å²) < 4.78 is 0. The topological polar surface area (TPSA) is 70.6 Å². The second kappa shape index (κ2) is 4.74. The number of aliphatic imine (C=N–C) groups is 1. The number of nitrogens with zero attached hydrogens (tertiary/aromatic N) is 1. The SMILES string of the molecule is NC(=NCCc1cccs1)NO. The van der Waals surface area contributed by atoms with Gasteiger partial charge in [-0.15, -0.1) is 11.3 Å². The Morgan fingerprint density at radius 2 is 2.58 bits per heavy atom. The summed E-state index contributed by atoms with van der Waals surface area (Å²) in [6.07, 6.45) is 0.861. The number of rotatable bonds is 3. The maximum atomic E-state index is 8.29. The Hall–Kier alpha value is -1.07. The van der Waals surface area contributed by atoms with Gasteiger partial charge in [-0.2, -0.15) is 0 Å². The van der Waals surface area contributed by atoms with Crippen LogP contribution in [-0.2, 0) is 6.42 Å². The third-order valence-electron chi connectivity index (χ3n) is 1.34. The summed E-state index contributed by atoms with van der Waals surface area (Å²) in [4.78, 5) is 5.13. The van der Waals surface area contributed by atoms with E-state index in [1.54, 1.807) is 16.8 Å². The van der Waals surface area contributed by atoms with E-state index in [1.165, 1.54) is 4.88 Å². The molecule has 0 aliphatic heterocycles. The fraction of sp³-hybridized carbons (Fsp3) is 0.286. The average Bonchev–Trinajstić information content (AvgIpc) is 2.57. The Kier molecular flexibility index (Phi) is 3.56. The van der Waals surface area contributed by atoms with E-state index >= 15 is 0 Å². The molecule has 0 fully saturated rings. The molecule has 4 nitrogen and oxygen atoms in total. The lowest BCUT2D eigenvalue weighted by Gasteiger charge is -1.96. The van der Waals surface area contributed by atoms with Crippen LogP contribution < -0.4 is 11.2 Å². The average molecular weight is 185 g/mol. The van der Waals surface area contributed by atoms with Crippen LogP contribution in [0.15, 0.2) is 22.5 Å². The molecule has 4 N–H and O–H groups in total. The molecule has 0 saturated heterocycles. The van der Waals surface area contributed by atoms with Crippen LogP contribution in [0.25, 0.3) is 0 Å². The standard InChI is InChI=1S/C7H11N3OS/c8-7(10-11)9-4-3-6-2-1-5-12-6/h1-2,5,11H,3-4H2,(H3,8,9,10). The monoisotopic (exact) mass is 185 g/mol. The Balaban J connectivity index is 2.28. The fourth-order valence-electron chi connectivity index (χ4n) is 0.777. The van der Waals surface area contributed by atoms with Gasteiger partial charge >= 0.3 is 0 Å². The lowest BCUT2D eigenvalue weighted by Crippen LogP contribution is -2.28. The van der Waals surface area contributed by atoms with Crippen molar-refractivity contribution in [2.24, 2.45) is 10.7 Å². The van der Waals surface area contributed by atoms with Gasteiger partial charge in [0.05, 0.1) is 0 Å². The smallest absolute Gasteiger partial charge is 0.212 e. The normalized spacial score (nSPS) is 11.6. The first kappa shape index (κ1) is 9.02. The Labute approximate surface area is 74.7 Å². The second-order valence-corrected chi connectivity index (χ2v) is 3.24. The van der Waals surface area contributed by atoms with E-state index in [9.17, 15) is 0 Å². The summed E-state index contributed by atoms with van der Waals surface area (Å²) in [5.74, 6) is 0.0616. The summed E-state index contributed by atoms with van der Waals surface area (Å²) in [5, 5.41) is 10.3. The largest absolute Gasteiger partial charge is 0.368 e. The van der Waals surface area contributed by atoms with Crippen molar-refractivity contribution in [3.05, 3.63) is 22.4 Å². The molecule has 1 aromatic heterocycles. The fourth-order valence-corrected chi connectivity index (χ4v) is 1.47. The number of hydrogen-bond acceptors (Lipinski definition) is 3. The van der Waals surface area contributed by atoms with Crippen LogP contribution in [0, 0.1) is 0 Å². The lowest BCUT2D eigenvalue weighted by molar-refractivity contribution is 0.232. The van der Waals surface area contributed by atoms with Crippen LogP contribution in [0.5, 0.6) is 0 Å². The first-order valence-corrected chi connectivity index (χ1v) is 4.43. The second-order valence-electron chi connectivity index (χ2n) is 2.21. The van der Waals surface area contributed by atoms with E-state index in [0.29, 0.717) is 6.54 Å². The van der Waals surface area contributed by atoms with E-state index in [-0.39, 0.29) is 5.96 Å². The van der Waals surface area contributed by atoms with E-state index in [0.717, 1.165) is 6.42 Å². The zero-order valence-electron chi connectivity index (χ0n) is 6.53. The van der Waals surface area contributed by atoms with E-state index < -0.39 is 0 Å². The van der Waals surface area contributed by atoms with Gasteiger partial charge in [0.1, 0.15) is 0 Å². The molecule has 0 amide bonds. The minimum absolute atomic E-state index is 0.0616. The van der Waals surface area contributed by atoms with E-state index in [2.05, 4.69) is 4.99 Å². The predicted octanol–water partition coefficient (Wildman–Crippen LogP) is 0.584. The molecule has 1 rings (SSSR count). The molecule has 1 aromatic rings. The molecule has 0 saturated carbocycles. The number of hydroxylamine groups is 1.